The Bertz CT molecular complexity index is 589. The average molecular weight is 333 g/mol. The minimum Gasteiger partial charge on any atom is -0.356 e. The molecular weight excluding hydrogens is 310 g/mol. The van der Waals surface area contributed by atoms with Crippen molar-refractivity contribution >= 4 is 29.3 Å². The third kappa shape index (κ3) is 4.05. The van der Waals surface area contributed by atoms with E-state index in [4.69, 9.17) is 0 Å². The Labute approximate surface area is 141 Å². The zero-order valence-corrected chi connectivity index (χ0v) is 14.3. The fourth-order valence-electron chi connectivity index (χ4n) is 2.65. The number of nitrogens with one attached hydrogen (secondary N) is 1. The van der Waals surface area contributed by atoms with Crippen LogP contribution >= 0.6 is 11.8 Å². The lowest BCUT2D eigenvalue weighted by Gasteiger charge is -2.32. The molecule has 23 heavy (non-hydrogen) atoms. The molecule has 1 aliphatic heterocycles. The largest absolute Gasteiger partial charge is 0.356 e. The number of unbranched alkanes of at least 4 members (excludes halogenated alkanes) is 1. The molecule has 1 atom stereocenters. The second-order valence-electron chi connectivity index (χ2n) is 6.23. The fraction of sp³-hybridized carbons (Fsp3) is 0.588. The molecule has 1 unspecified atom stereocenters. The molecule has 1 aromatic rings. The second-order valence-corrected chi connectivity index (χ2v) is 7.42. The third-order valence-electron chi connectivity index (χ3n) is 4.23. The van der Waals surface area contributed by atoms with Crippen LogP contribution in [0, 0.1) is 5.92 Å². The fourth-order valence-corrected chi connectivity index (χ4v) is 3.81. The maximum absolute atomic E-state index is 12.8. The van der Waals surface area contributed by atoms with Crippen LogP contribution in [0.2, 0.25) is 0 Å². The van der Waals surface area contributed by atoms with E-state index in [1.54, 1.807) is 11.1 Å². The van der Waals surface area contributed by atoms with Gasteiger partial charge in [0, 0.05) is 25.7 Å². The van der Waals surface area contributed by atoms with Crippen LogP contribution in [-0.4, -0.2) is 35.1 Å². The molecule has 2 amide bonds. The van der Waals surface area contributed by atoms with E-state index in [0.29, 0.717) is 12.5 Å². The van der Waals surface area contributed by atoms with Gasteiger partial charge in [-0.1, -0.05) is 25.1 Å². The second kappa shape index (κ2) is 7.34. The SMILES string of the molecule is CCCCN1C(=O)C(CC(=O)NCC2CC2)Sc2ncccc21. The molecule has 0 spiro atoms. The van der Waals surface area contributed by atoms with Crippen molar-refractivity contribution in [3.05, 3.63) is 18.3 Å². The molecule has 2 aliphatic rings. The number of hydrogen-bond acceptors (Lipinski definition) is 4. The Balaban J connectivity index is 1.68. The van der Waals surface area contributed by atoms with Crippen molar-refractivity contribution in [1.29, 1.82) is 0 Å². The number of pyridine rings is 1. The van der Waals surface area contributed by atoms with E-state index in [1.165, 1.54) is 24.6 Å². The van der Waals surface area contributed by atoms with Crippen LogP contribution in [-0.2, 0) is 9.59 Å². The zero-order chi connectivity index (χ0) is 16.2. The highest BCUT2D eigenvalue weighted by atomic mass is 32.2. The maximum Gasteiger partial charge on any atom is 0.241 e. The van der Waals surface area contributed by atoms with Crippen molar-refractivity contribution in [3.63, 3.8) is 0 Å². The monoisotopic (exact) mass is 333 g/mol. The van der Waals surface area contributed by atoms with Gasteiger partial charge in [0.1, 0.15) is 5.03 Å². The molecule has 1 aliphatic carbocycles. The highest BCUT2D eigenvalue weighted by molar-refractivity contribution is 8.00. The number of nitrogens with zero attached hydrogens (tertiary/aromatic N) is 2. The van der Waals surface area contributed by atoms with E-state index in [9.17, 15) is 9.59 Å². The minimum atomic E-state index is -0.367. The van der Waals surface area contributed by atoms with E-state index in [0.717, 1.165) is 30.1 Å². The van der Waals surface area contributed by atoms with E-state index < -0.39 is 0 Å². The molecule has 1 fully saturated rings. The van der Waals surface area contributed by atoms with Crippen molar-refractivity contribution in [2.45, 2.75) is 49.3 Å². The van der Waals surface area contributed by atoms with Crippen molar-refractivity contribution < 1.29 is 9.59 Å². The number of anilines is 1. The first-order chi connectivity index (χ1) is 11.2. The van der Waals surface area contributed by atoms with Crippen LogP contribution < -0.4 is 10.2 Å². The van der Waals surface area contributed by atoms with Gasteiger partial charge in [0.25, 0.3) is 0 Å². The molecule has 0 bridgehead atoms. The minimum absolute atomic E-state index is 0.0300. The third-order valence-corrected chi connectivity index (χ3v) is 5.42. The molecule has 124 valence electrons. The number of amides is 2. The number of hydrogen-bond donors (Lipinski definition) is 1. The Morgan fingerprint density at radius 3 is 3.04 bits per heavy atom. The van der Waals surface area contributed by atoms with Gasteiger partial charge >= 0.3 is 0 Å². The number of carbonyl (C=O) groups is 2. The van der Waals surface area contributed by atoms with Crippen molar-refractivity contribution in [2.75, 3.05) is 18.0 Å². The molecular formula is C17H23N3O2S. The molecule has 5 nitrogen and oxygen atoms in total. The maximum atomic E-state index is 12.8. The summed E-state index contributed by atoms with van der Waals surface area (Å²) in [6.45, 7) is 3.55. The smallest absolute Gasteiger partial charge is 0.241 e. The number of rotatable bonds is 7. The molecule has 0 radical (unpaired) electrons. The molecule has 0 saturated heterocycles. The summed E-state index contributed by atoms with van der Waals surface area (Å²) >= 11 is 1.42. The molecule has 1 N–H and O–H groups in total. The van der Waals surface area contributed by atoms with Crippen molar-refractivity contribution in [1.82, 2.24) is 10.3 Å². The first kappa shape index (κ1) is 16.3. The summed E-state index contributed by atoms with van der Waals surface area (Å²) in [6, 6.07) is 3.79. The summed E-state index contributed by atoms with van der Waals surface area (Å²) in [4.78, 5) is 31.1. The standard InChI is InChI=1S/C17H23N3O2S/c1-2-3-9-20-13-5-4-8-18-16(13)23-14(17(20)22)10-15(21)19-11-12-6-7-12/h4-5,8,12,14H,2-3,6-7,9-11H2,1H3,(H,19,21). The van der Waals surface area contributed by atoms with Crippen LogP contribution in [0.1, 0.15) is 39.0 Å². The lowest BCUT2D eigenvalue weighted by molar-refractivity contribution is -0.124. The van der Waals surface area contributed by atoms with Gasteiger partial charge in [-0.15, -0.1) is 0 Å². The van der Waals surface area contributed by atoms with Gasteiger partial charge in [-0.25, -0.2) is 4.98 Å². The topological polar surface area (TPSA) is 62.3 Å². The predicted octanol–water partition coefficient (Wildman–Crippen LogP) is 2.61. The molecule has 3 rings (SSSR count). The van der Waals surface area contributed by atoms with Crippen LogP contribution in [0.5, 0.6) is 0 Å². The first-order valence-corrected chi connectivity index (χ1v) is 9.26. The average Bonchev–Trinajstić information content (AvgIpc) is 3.37. The summed E-state index contributed by atoms with van der Waals surface area (Å²) in [7, 11) is 0. The van der Waals surface area contributed by atoms with E-state index in [-0.39, 0.29) is 23.5 Å². The zero-order valence-electron chi connectivity index (χ0n) is 13.5. The van der Waals surface area contributed by atoms with Crippen molar-refractivity contribution in [2.24, 2.45) is 5.92 Å². The number of aromatic nitrogens is 1. The Kier molecular flexibility index (Phi) is 5.20. The quantitative estimate of drug-likeness (QED) is 0.833. The summed E-state index contributed by atoms with van der Waals surface area (Å²) in [6.07, 6.45) is 6.36. The highest BCUT2D eigenvalue weighted by Crippen LogP contribution is 2.38. The van der Waals surface area contributed by atoms with Crippen LogP contribution in [0.25, 0.3) is 0 Å². The number of thioether (sulfide) groups is 1. The van der Waals surface area contributed by atoms with Crippen LogP contribution in [0.15, 0.2) is 23.4 Å². The predicted molar refractivity (Wildman–Crippen MR) is 91.5 cm³/mol. The number of carbonyl (C=O) groups excluding carboxylic acids is 2. The van der Waals surface area contributed by atoms with Crippen LogP contribution in [0.3, 0.4) is 0 Å². The van der Waals surface area contributed by atoms with Gasteiger partial charge in [0.15, 0.2) is 0 Å². The first-order valence-electron chi connectivity index (χ1n) is 8.38. The summed E-state index contributed by atoms with van der Waals surface area (Å²) in [5.74, 6) is 0.653. The van der Waals surface area contributed by atoms with E-state index >= 15 is 0 Å². The molecule has 0 aromatic carbocycles. The Morgan fingerprint density at radius 1 is 1.48 bits per heavy atom. The summed E-state index contributed by atoms with van der Waals surface area (Å²) < 4.78 is 0. The Hall–Kier alpha value is -1.56. The lowest BCUT2D eigenvalue weighted by Crippen LogP contribution is -2.44. The van der Waals surface area contributed by atoms with E-state index in [1.807, 2.05) is 12.1 Å². The Morgan fingerprint density at radius 2 is 2.30 bits per heavy atom. The van der Waals surface area contributed by atoms with Gasteiger partial charge in [0.2, 0.25) is 11.8 Å². The van der Waals surface area contributed by atoms with Gasteiger partial charge < -0.3 is 10.2 Å². The molecule has 2 heterocycles. The van der Waals surface area contributed by atoms with Gasteiger partial charge in [-0.05, 0) is 37.3 Å². The lowest BCUT2D eigenvalue weighted by atomic mass is 10.2. The van der Waals surface area contributed by atoms with Gasteiger partial charge in [-0.3, -0.25) is 9.59 Å². The summed E-state index contributed by atoms with van der Waals surface area (Å²) in [5.41, 5.74) is 0.880. The van der Waals surface area contributed by atoms with E-state index in [2.05, 4.69) is 17.2 Å². The molecule has 6 heteroatoms. The summed E-state index contributed by atoms with van der Waals surface area (Å²) in [5, 5.41) is 3.43. The van der Waals surface area contributed by atoms with Gasteiger partial charge in [-0.2, -0.15) is 0 Å². The number of fused-ring (bicyclic) bond motifs is 1. The van der Waals surface area contributed by atoms with Crippen LogP contribution in [0.4, 0.5) is 5.69 Å². The highest BCUT2D eigenvalue weighted by Gasteiger charge is 2.35. The molecule has 1 aromatic heterocycles. The van der Waals surface area contributed by atoms with Gasteiger partial charge in [0.05, 0.1) is 10.9 Å². The molecule has 1 saturated carbocycles. The van der Waals surface area contributed by atoms with Crippen molar-refractivity contribution in [3.8, 4) is 0 Å². The normalized spacial score (nSPS) is 20.3.